The van der Waals surface area contributed by atoms with Gasteiger partial charge in [0, 0.05) is 32.6 Å². The Balaban J connectivity index is 1.33. The summed E-state index contributed by atoms with van der Waals surface area (Å²) in [6, 6.07) is 17.2. The van der Waals surface area contributed by atoms with Crippen LogP contribution in [-0.2, 0) is 9.59 Å². The number of nitrogens with zero attached hydrogens (tertiary/aromatic N) is 2. The molecule has 0 saturated carbocycles. The minimum Gasteiger partial charge on any atom is -0.494 e. The van der Waals surface area contributed by atoms with Gasteiger partial charge in [-0.05, 0) is 37.1 Å². The van der Waals surface area contributed by atoms with Crippen LogP contribution in [0.15, 0.2) is 54.6 Å². The first-order valence-electron chi connectivity index (χ1n) is 10.1. The van der Waals surface area contributed by atoms with E-state index in [0.29, 0.717) is 45.6 Å². The van der Waals surface area contributed by atoms with Crippen molar-refractivity contribution in [2.24, 2.45) is 0 Å². The molecule has 1 aliphatic heterocycles. The van der Waals surface area contributed by atoms with Gasteiger partial charge in [0.05, 0.1) is 6.61 Å². The van der Waals surface area contributed by atoms with Gasteiger partial charge in [-0.25, -0.2) is 0 Å². The Morgan fingerprint density at radius 2 is 1.45 bits per heavy atom. The van der Waals surface area contributed by atoms with E-state index in [1.165, 1.54) is 0 Å². The first-order valence-corrected chi connectivity index (χ1v) is 10.1. The van der Waals surface area contributed by atoms with E-state index in [9.17, 15) is 9.59 Å². The summed E-state index contributed by atoms with van der Waals surface area (Å²) < 4.78 is 11.3. The van der Waals surface area contributed by atoms with E-state index in [1.54, 1.807) is 4.90 Å². The number of aryl methyl sites for hydroxylation is 1. The Labute approximate surface area is 172 Å². The van der Waals surface area contributed by atoms with Crippen molar-refractivity contribution in [3.05, 3.63) is 60.2 Å². The number of hydrogen-bond donors (Lipinski definition) is 0. The minimum atomic E-state index is -0.0448. The summed E-state index contributed by atoms with van der Waals surface area (Å²) in [6.45, 7) is 4.71. The lowest BCUT2D eigenvalue weighted by Gasteiger charge is -2.34. The number of ether oxygens (including phenoxy) is 2. The Bertz CT molecular complexity index is 802. The summed E-state index contributed by atoms with van der Waals surface area (Å²) in [4.78, 5) is 28.4. The first-order chi connectivity index (χ1) is 14.1. The second-order valence-electron chi connectivity index (χ2n) is 7.08. The highest BCUT2D eigenvalue weighted by Gasteiger charge is 2.24. The zero-order valence-corrected chi connectivity index (χ0v) is 16.9. The Kier molecular flexibility index (Phi) is 7.50. The third kappa shape index (κ3) is 6.24. The van der Waals surface area contributed by atoms with Crippen molar-refractivity contribution in [1.29, 1.82) is 0 Å². The average molecular weight is 396 g/mol. The minimum absolute atomic E-state index is 0.0234. The molecular weight excluding hydrogens is 368 g/mol. The van der Waals surface area contributed by atoms with Crippen LogP contribution >= 0.6 is 0 Å². The normalized spacial score (nSPS) is 13.8. The maximum Gasteiger partial charge on any atom is 0.260 e. The van der Waals surface area contributed by atoms with Gasteiger partial charge in [0.1, 0.15) is 11.5 Å². The molecule has 0 bridgehead atoms. The number of carbonyl (C=O) groups is 2. The highest BCUT2D eigenvalue weighted by Crippen LogP contribution is 2.16. The molecule has 0 unspecified atom stereocenters. The van der Waals surface area contributed by atoms with E-state index in [1.807, 2.05) is 66.4 Å². The highest BCUT2D eigenvalue weighted by atomic mass is 16.5. The summed E-state index contributed by atoms with van der Waals surface area (Å²) in [6.07, 6.45) is 1.13. The van der Waals surface area contributed by atoms with Crippen LogP contribution in [0, 0.1) is 6.92 Å². The van der Waals surface area contributed by atoms with Crippen LogP contribution in [-0.4, -0.2) is 61.0 Å². The Morgan fingerprint density at radius 1 is 0.828 bits per heavy atom. The molecule has 0 radical (unpaired) electrons. The van der Waals surface area contributed by atoms with Crippen molar-refractivity contribution < 1.29 is 19.1 Å². The highest BCUT2D eigenvalue weighted by molar-refractivity contribution is 5.79. The number of benzene rings is 2. The van der Waals surface area contributed by atoms with Gasteiger partial charge in [0.2, 0.25) is 5.91 Å². The van der Waals surface area contributed by atoms with Gasteiger partial charge in [-0.1, -0.05) is 36.4 Å². The van der Waals surface area contributed by atoms with Crippen LogP contribution in [0.3, 0.4) is 0 Å². The van der Waals surface area contributed by atoms with Crippen LogP contribution in [0.5, 0.6) is 11.5 Å². The third-order valence-electron chi connectivity index (χ3n) is 4.98. The predicted molar refractivity (Wildman–Crippen MR) is 111 cm³/mol. The van der Waals surface area contributed by atoms with Gasteiger partial charge < -0.3 is 19.3 Å². The van der Waals surface area contributed by atoms with Crippen LogP contribution in [0.25, 0.3) is 0 Å². The van der Waals surface area contributed by atoms with E-state index < -0.39 is 0 Å². The van der Waals surface area contributed by atoms with Crippen LogP contribution in [0.2, 0.25) is 0 Å². The summed E-state index contributed by atoms with van der Waals surface area (Å²) in [7, 11) is 0. The maximum absolute atomic E-state index is 12.4. The molecule has 1 fully saturated rings. The SMILES string of the molecule is Cc1ccccc1OCC(=O)N1CCN(C(=O)CCCOc2ccccc2)CC1. The number of rotatable bonds is 8. The topological polar surface area (TPSA) is 59.1 Å². The molecule has 6 heteroatoms. The molecule has 29 heavy (non-hydrogen) atoms. The van der Waals surface area contributed by atoms with Crippen LogP contribution < -0.4 is 9.47 Å². The van der Waals surface area contributed by atoms with E-state index in [2.05, 4.69) is 0 Å². The largest absolute Gasteiger partial charge is 0.494 e. The molecule has 0 aliphatic carbocycles. The van der Waals surface area contributed by atoms with Crippen LogP contribution in [0.4, 0.5) is 0 Å². The van der Waals surface area contributed by atoms with E-state index in [0.717, 1.165) is 17.1 Å². The molecule has 154 valence electrons. The zero-order valence-electron chi connectivity index (χ0n) is 16.9. The van der Waals surface area contributed by atoms with E-state index >= 15 is 0 Å². The molecule has 2 aromatic carbocycles. The fourth-order valence-corrected chi connectivity index (χ4v) is 3.24. The Hall–Kier alpha value is -3.02. The monoisotopic (exact) mass is 396 g/mol. The van der Waals surface area contributed by atoms with Crippen molar-refractivity contribution in [2.75, 3.05) is 39.4 Å². The zero-order chi connectivity index (χ0) is 20.5. The molecule has 2 aromatic rings. The molecule has 0 atom stereocenters. The summed E-state index contributed by atoms with van der Waals surface area (Å²) in [5.41, 5.74) is 1.01. The van der Waals surface area contributed by atoms with Gasteiger partial charge in [-0.15, -0.1) is 0 Å². The fourth-order valence-electron chi connectivity index (χ4n) is 3.24. The van der Waals surface area contributed by atoms with Crippen molar-refractivity contribution in [1.82, 2.24) is 9.80 Å². The van der Waals surface area contributed by atoms with Gasteiger partial charge in [0.25, 0.3) is 5.91 Å². The predicted octanol–water partition coefficient (Wildman–Crippen LogP) is 2.90. The summed E-state index contributed by atoms with van der Waals surface area (Å²) in [5.74, 6) is 1.62. The smallest absolute Gasteiger partial charge is 0.260 e. The number of hydrogen-bond acceptors (Lipinski definition) is 4. The summed E-state index contributed by atoms with van der Waals surface area (Å²) in [5, 5.41) is 0. The molecule has 0 N–H and O–H groups in total. The average Bonchev–Trinajstić information content (AvgIpc) is 2.76. The summed E-state index contributed by atoms with van der Waals surface area (Å²) >= 11 is 0. The van der Waals surface area contributed by atoms with Crippen molar-refractivity contribution in [3.63, 3.8) is 0 Å². The number of piperazine rings is 1. The number of amides is 2. The number of para-hydroxylation sites is 2. The van der Waals surface area contributed by atoms with Crippen molar-refractivity contribution in [2.45, 2.75) is 19.8 Å². The van der Waals surface area contributed by atoms with Gasteiger partial charge in [-0.2, -0.15) is 0 Å². The van der Waals surface area contributed by atoms with Crippen LogP contribution in [0.1, 0.15) is 18.4 Å². The first kappa shape index (κ1) is 20.7. The maximum atomic E-state index is 12.4. The lowest BCUT2D eigenvalue weighted by molar-refractivity contribution is -0.140. The fraction of sp³-hybridized carbons (Fsp3) is 0.391. The number of carbonyl (C=O) groups excluding carboxylic acids is 2. The second kappa shape index (κ2) is 10.5. The lowest BCUT2D eigenvalue weighted by Crippen LogP contribution is -2.51. The molecule has 0 aromatic heterocycles. The molecule has 1 saturated heterocycles. The van der Waals surface area contributed by atoms with E-state index in [-0.39, 0.29) is 18.4 Å². The lowest BCUT2D eigenvalue weighted by atomic mass is 10.2. The van der Waals surface area contributed by atoms with Crippen molar-refractivity contribution in [3.8, 4) is 11.5 Å². The molecule has 6 nitrogen and oxygen atoms in total. The molecule has 1 aliphatic rings. The molecule has 1 heterocycles. The third-order valence-corrected chi connectivity index (χ3v) is 4.98. The quantitative estimate of drug-likeness (QED) is 0.644. The molecular formula is C23H28N2O4. The van der Waals surface area contributed by atoms with Crippen molar-refractivity contribution >= 4 is 11.8 Å². The van der Waals surface area contributed by atoms with E-state index in [4.69, 9.17) is 9.47 Å². The Morgan fingerprint density at radius 3 is 2.14 bits per heavy atom. The second-order valence-corrected chi connectivity index (χ2v) is 7.08. The van der Waals surface area contributed by atoms with Gasteiger partial charge in [0.15, 0.2) is 6.61 Å². The molecule has 2 amide bonds. The molecule has 3 rings (SSSR count). The molecule has 0 spiro atoms. The van der Waals surface area contributed by atoms with Gasteiger partial charge >= 0.3 is 0 Å². The van der Waals surface area contributed by atoms with Gasteiger partial charge in [-0.3, -0.25) is 9.59 Å². The standard InChI is InChI=1S/C23H28N2O4/c1-19-8-5-6-11-21(19)29-18-23(27)25-15-13-24(14-16-25)22(26)12-7-17-28-20-9-3-2-4-10-20/h2-6,8-11H,7,12-18H2,1H3.